The molecule has 0 saturated carbocycles. The SMILES string of the molecule is CCC[CH2][Sn](=[O])[O]C(=O)CCc1ccc(Cl)cc1. The van der Waals surface area contributed by atoms with Crippen molar-refractivity contribution in [2.75, 3.05) is 0 Å². The summed E-state index contributed by atoms with van der Waals surface area (Å²) < 4.78 is 17.1. The predicted molar refractivity (Wildman–Crippen MR) is 72.0 cm³/mol. The molecule has 0 amide bonds. The monoisotopic (exact) mass is 376 g/mol. The molecule has 3 nitrogen and oxygen atoms in total. The van der Waals surface area contributed by atoms with Crippen LogP contribution >= 0.6 is 11.6 Å². The minimum atomic E-state index is -3.08. The molecule has 1 rings (SSSR count). The first kappa shape index (κ1) is 15.6. The molecule has 0 bridgehead atoms. The Labute approximate surface area is 120 Å². The van der Waals surface area contributed by atoms with Crippen LogP contribution in [-0.4, -0.2) is 26.1 Å². The van der Waals surface area contributed by atoms with Crippen molar-refractivity contribution in [2.24, 2.45) is 0 Å². The van der Waals surface area contributed by atoms with Crippen LogP contribution in [0.15, 0.2) is 24.3 Å². The van der Waals surface area contributed by atoms with Crippen LogP contribution in [0.3, 0.4) is 0 Å². The van der Waals surface area contributed by atoms with Crippen LogP contribution in [0, 0.1) is 0 Å². The van der Waals surface area contributed by atoms with Crippen LogP contribution in [0.25, 0.3) is 0 Å². The second-order valence-corrected chi connectivity index (χ2v) is 8.65. The third-order valence-electron chi connectivity index (χ3n) is 2.49. The van der Waals surface area contributed by atoms with Crippen molar-refractivity contribution < 1.29 is 10.9 Å². The number of hydrogen-bond acceptors (Lipinski definition) is 3. The van der Waals surface area contributed by atoms with E-state index in [4.69, 9.17) is 14.7 Å². The quantitative estimate of drug-likeness (QED) is 0.685. The summed E-state index contributed by atoms with van der Waals surface area (Å²) in [6, 6.07) is 7.34. The molecule has 98 valence electrons. The molecule has 0 spiro atoms. The normalized spacial score (nSPS) is 10.1. The molecular formula is C13H17ClO3Sn. The maximum absolute atomic E-state index is 11.5. The van der Waals surface area contributed by atoms with E-state index < -0.39 is 20.2 Å². The van der Waals surface area contributed by atoms with Gasteiger partial charge < -0.3 is 0 Å². The Hall–Kier alpha value is -0.421. The molecule has 5 heteroatoms. The number of carbonyl (C=O) groups excluding carboxylic acids is 1. The summed E-state index contributed by atoms with van der Waals surface area (Å²) in [5.74, 6) is -0.342. The van der Waals surface area contributed by atoms with E-state index in [1.165, 1.54) is 0 Å². The van der Waals surface area contributed by atoms with Crippen LogP contribution in [0.4, 0.5) is 0 Å². The number of hydrogen-bond donors (Lipinski definition) is 0. The van der Waals surface area contributed by atoms with Crippen molar-refractivity contribution in [3.05, 3.63) is 34.9 Å². The Morgan fingerprint density at radius 3 is 2.61 bits per heavy atom. The summed E-state index contributed by atoms with van der Waals surface area (Å²) in [4.78, 5) is 11.5. The van der Waals surface area contributed by atoms with Crippen molar-refractivity contribution in [3.8, 4) is 0 Å². The average Bonchev–Trinajstić information content (AvgIpc) is 2.35. The molecule has 0 saturated heterocycles. The van der Waals surface area contributed by atoms with Gasteiger partial charge in [-0.25, -0.2) is 0 Å². The first-order chi connectivity index (χ1) is 8.61. The molecule has 0 fully saturated rings. The Bertz CT molecular complexity index is 403. The van der Waals surface area contributed by atoms with Gasteiger partial charge in [0.1, 0.15) is 0 Å². The number of carbonyl (C=O) groups is 1. The van der Waals surface area contributed by atoms with E-state index in [0.29, 0.717) is 15.9 Å². The van der Waals surface area contributed by atoms with Crippen LogP contribution in [0.1, 0.15) is 31.7 Å². The summed E-state index contributed by atoms with van der Waals surface area (Å²) >= 11 is 2.69. The first-order valence-electron chi connectivity index (χ1n) is 6.09. The standard InChI is InChI=1S/C9H9ClO2.C4H9.O.Sn/c10-8-4-1-7(2-5-8)3-6-9(11)12;1-3-4-2;;/h1-2,4-5H,3,6H2,(H,11,12);1,3-4H2,2H3;;/q;;;+1/p-1. The van der Waals surface area contributed by atoms with Crippen molar-refractivity contribution in [1.29, 1.82) is 0 Å². The van der Waals surface area contributed by atoms with Gasteiger partial charge in [0.2, 0.25) is 0 Å². The number of unbranched alkanes of at least 4 members (excludes halogenated alkanes) is 1. The molecular weight excluding hydrogens is 358 g/mol. The minimum absolute atomic E-state index is 0.278. The fourth-order valence-corrected chi connectivity index (χ4v) is 4.71. The van der Waals surface area contributed by atoms with Crippen LogP contribution in [0.5, 0.6) is 0 Å². The molecule has 0 heterocycles. The van der Waals surface area contributed by atoms with Gasteiger partial charge in [-0.15, -0.1) is 0 Å². The molecule has 0 aliphatic rings. The Morgan fingerprint density at radius 1 is 1.33 bits per heavy atom. The summed E-state index contributed by atoms with van der Waals surface area (Å²) in [5, 5.41) is 0.677. The first-order valence-corrected chi connectivity index (χ1v) is 10.8. The van der Waals surface area contributed by atoms with E-state index in [1.807, 2.05) is 19.1 Å². The third-order valence-corrected chi connectivity index (χ3v) is 6.22. The summed E-state index contributed by atoms with van der Waals surface area (Å²) in [6.45, 7) is 2.03. The second-order valence-electron chi connectivity index (χ2n) is 4.08. The zero-order valence-corrected chi connectivity index (χ0v) is 14.1. The maximum atomic E-state index is 11.5. The molecule has 1 aromatic rings. The van der Waals surface area contributed by atoms with Gasteiger partial charge >= 0.3 is 121 Å². The molecule has 0 radical (unpaired) electrons. The topological polar surface area (TPSA) is 43.4 Å². The van der Waals surface area contributed by atoms with E-state index in [9.17, 15) is 7.87 Å². The van der Waals surface area contributed by atoms with Gasteiger partial charge in [0.05, 0.1) is 0 Å². The summed E-state index contributed by atoms with van der Waals surface area (Å²) in [5.41, 5.74) is 1.03. The van der Waals surface area contributed by atoms with Gasteiger partial charge in [0.15, 0.2) is 0 Å². The van der Waals surface area contributed by atoms with E-state index >= 15 is 0 Å². The molecule has 0 aliphatic heterocycles. The zero-order valence-electron chi connectivity index (χ0n) is 10.4. The van der Waals surface area contributed by atoms with Crippen molar-refractivity contribution in [3.63, 3.8) is 0 Å². The van der Waals surface area contributed by atoms with Crippen molar-refractivity contribution >= 4 is 37.7 Å². The van der Waals surface area contributed by atoms with Crippen LogP contribution in [-0.2, 0) is 17.4 Å². The van der Waals surface area contributed by atoms with Gasteiger partial charge in [-0.1, -0.05) is 0 Å². The number of aryl methyl sites for hydroxylation is 1. The molecule has 1 aromatic carbocycles. The Balaban J connectivity index is 2.28. The number of benzene rings is 1. The molecule has 18 heavy (non-hydrogen) atoms. The van der Waals surface area contributed by atoms with Crippen molar-refractivity contribution in [2.45, 2.75) is 37.0 Å². The molecule has 0 N–H and O–H groups in total. The fraction of sp³-hybridized carbons (Fsp3) is 0.462. The van der Waals surface area contributed by atoms with Gasteiger partial charge in [0.25, 0.3) is 0 Å². The van der Waals surface area contributed by atoms with Gasteiger partial charge in [0, 0.05) is 0 Å². The van der Waals surface area contributed by atoms with E-state index in [0.717, 1.165) is 18.4 Å². The fourth-order valence-electron chi connectivity index (χ4n) is 1.45. The summed E-state index contributed by atoms with van der Waals surface area (Å²) in [7, 11) is 0. The Morgan fingerprint density at radius 2 is 2.00 bits per heavy atom. The zero-order chi connectivity index (χ0) is 13.4. The summed E-state index contributed by atoms with van der Waals surface area (Å²) in [6.07, 6.45) is 2.73. The van der Waals surface area contributed by atoms with E-state index in [2.05, 4.69) is 0 Å². The molecule has 0 unspecified atom stereocenters. The van der Waals surface area contributed by atoms with E-state index in [-0.39, 0.29) is 12.4 Å². The third kappa shape index (κ3) is 6.49. The van der Waals surface area contributed by atoms with Gasteiger partial charge in [-0.05, 0) is 0 Å². The number of rotatable bonds is 7. The molecule has 0 atom stereocenters. The number of halogens is 1. The van der Waals surface area contributed by atoms with Gasteiger partial charge in [-0.3, -0.25) is 0 Å². The van der Waals surface area contributed by atoms with Crippen LogP contribution in [0.2, 0.25) is 9.46 Å². The van der Waals surface area contributed by atoms with Gasteiger partial charge in [-0.2, -0.15) is 0 Å². The van der Waals surface area contributed by atoms with E-state index in [1.54, 1.807) is 12.1 Å². The molecule has 0 aromatic heterocycles. The molecule has 0 aliphatic carbocycles. The van der Waals surface area contributed by atoms with Crippen molar-refractivity contribution in [1.82, 2.24) is 0 Å². The van der Waals surface area contributed by atoms with Crippen LogP contribution < -0.4 is 0 Å². The average molecular weight is 375 g/mol. The Kier molecular flexibility index (Phi) is 7.51. The second kappa shape index (κ2) is 8.64. The predicted octanol–water partition coefficient (Wildman–Crippen LogP) is 3.53.